The molecule has 2 aromatic carbocycles. The smallest absolute Gasteiger partial charge is 0.212 e. The molecule has 1 atom stereocenters. The number of rotatable bonds is 4. The van der Waals surface area contributed by atoms with Crippen LogP contribution in [-0.2, 0) is 15.8 Å². The first-order chi connectivity index (χ1) is 12.3. The van der Waals surface area contributed by atoms with Crippen molar-refractivity contribution < 1.29 is 17.2 Å². The topological polar surface area (TPSA) is 37.4 Å². The molecular formula is C18H18ClF2NO2S2. The summed E-state index contributed by atoms with van der Waals surface area (Å²) in [5, 5.41) is 0.798. The van der Waals surface area contributed by atoms with Crippen molar-refractivity contribution in [2.24, 2.45) is 0 Å². The van der Waals surface area contributed by atoms with E-state index in [-0.39, 0.29) is 10.8 Å². The van der Waals surface area contributed by atoms with Gasteiger partial charge in [-0.25, -0.2) is 21.5 Å². The number of sulfonamides is 1. The highest BCUT2D eigenvalue weighted by Crippen LogP contribution is 2.38. The van der Waals surface area contributed by atoms with Crippen LogP contribution >= 0.6 is 23.4 Å². The van der Waals surface area contributed by atoms with E-state index >= 15 is 0 Å². The first-order valence-electron chi connectivity index (χ1n) is 8.14. The van der Waals surface area contributed by atoms with Crippen LogP contribution in [0.25, 0.3) is 0 Å². The van der Waals surface area contributed by atoms with Crippen LogP contribution in [0.3, 0.4) is 0 Å². The summed E-state index contributed by atoms with van der Waals surface area (Å²) in [6.45, 7) is 0.717. The Bertz CT molecular complexity index is 872. The van der Waals surface area contributed by atoms with E-state index in [1.54, 1.807) is 11.8 Å². The van der Waals surface area contributed by atoms with Gasteiger partial charge in [-0.1, -0.05) is 29.8 Å². The van der Waals surface area contributed by atoms with Gasteiger partial charge in [-0.05, 0) is 35.7 Å². The van der Waals surface area contributed by atoms with Crippen LogP contribution in [0.15, 0.2) is 42.5 Å². The fraction of sp³-hybridized carbons (Fsp3) is 0.333. The van der Waals surface area contributed by atoms with Crippen molar-refractivity contribution in [3.8, 4) is 0 Å². The molecule has 0 N–H and O–H groups in total. The van der Waals surface area contributed by atoms with Crippen molar-refractivity contribution in [2.45, 2.75) is 17.4 Å². The van der Waals surface area contributed by atoms with Gasteiger partial charge in [0.05, 0.1) is 5.75 Å². The number of benzene rings is 2. The molecule has 8 heteroatoms. The van der Waals surface area contributed by atoms with Gasteiger partial charge in [-0.2, -0.15) is 11.8 Å². The Kier molecular flexibility index (Phi) is 6.22. The van der Waals surface area contributed by atoms with Crippen molar-refractivity contribution in [1.29, 1.82) is 0 Å². The summed E-state index contributed by atoms with van der Waals surface area (Å²) in [6, 6.07) is 10.4. The summed E-state index contributed by atoms with van der Waals surface area (Å²) < 4.78 is 53.4. The molecule has 0 aromatic heterocycles. The SMILES string of the molecule is O=S(=O)(Cc1cc(F)cc(F)c1)N1CCSC(c2ccccc2Cl)CC1. The van der Waals surface area contributed by atoms with Gasteiger partial charge < -0.3 is 0 Å². The van der Waals surface area contributed by atoms with Gasteiger partial charge >= 0.3 is 0 Å². The first-order valence-corrected chi connectivity index (χ1v) is 11.2. The summed E-state index contributed by atoms with van der Waals surface area (Å²) in [4.78, 5) is 0. The van der Waals surface area contributed by atoms with Crippen LogP contribution in [-0.4, -0.2) is 31.6 Å². The van der Waals surface area contributed by atoms with E-state index in [4.69, 9.17) is 11.6 Å². The van der Waals surface area contributed by atoms with Gasteiger partial charge in [0.2, 0.25) is 10.0 Å². The van der Waals surface area contributed by atoms with Gasteiger partial charge in [0.1, 0.15) is 11.6 Å². The Labute approximate surface area is 161 Å². The van der Waals surface area contributed by atoms with Gasteiger partial charge in [0.15, 0.2) is 0 Å². The molecule has 1 aliphatic heterocycles. The quantitative estimate of drug-likeness (QED) is 0.727. The van der Waals surface area contributed by atoms with E-state index in [0.717, 1.165) is 23.8 Å². The molecule has 0 bridgehead atoms. The maximum absolute atomic E-state index is 13.3. The second-order valence-electron chi connectivity index (χ2n) is 6.10. The average molecular weight is 418 g/mol. The molecule has 0 saturated carbocycles. The van der Waals surface area contributed by atoms with Crippen molar-refractivity contribution in [2.75, 3.05) is 18.8 Å². The maximum atomic E-state index is 13.3. The monoisotopic (exact) mass is 417 g/mol. The Morgan fingerprint density at radius 2 is 1.81 bits per heavy atom. The average Bonchev–Trinajstić information content (AvgIpc) is 2.80. The molecule has 140 valence electrons. The Hall–Kier alpha value is -1.15. The normalized spacial score (nSPS) is 19.3. The van der Waals surface area contributed by atoms with E-state index in [9.17, 15) is 17.2 Å². The van der Waals surface area contributed by atoms with Crippen LogP contribution in [0.4, 0.5) is 8.78 Å². The second kappa shape index (κ2) is 8.25. The number of hydrogen-bond donors (Lipinski definition) is 0. The van der Waals surface area contributed by atoms with Gasteiger partial charge in [0.25, 0.3) is 0 Å². The minimum atomic E-state index is -3.66. The highest BCUT2D eigenvalue weighted by atomic mass is 35.5. The predicted octanol–water partition coefficient (Wildman–Crippen LogP) is 4.63. The standard InChI is InChI=1S/C18H18ClF2NO2S2/c19-17-4-2-1-3-16(17)18-5-6-22(7-8-25-18)26(23,24)12-13-9-14(20)11-15(21)10-13/h1-4,9-11,18H,5-8,12H2. The van der Waals surface area contributed by atoms with Gasteiger partial charge in [0, 0.05) is 35.2 Å². The summed E-state index contributed by atoms with van der Waals surface area (Å²) in [7, 11) is -3.66. The minimum Gasteiger partial charge on any atom is -0.212 e. The molecule has 0 amide bonds. The van der Waals surface area contributed by atoms with E-state index in [0.29, 0.717) is 30.3 Å². The van der Waals surface area contributed by atoms with Crippen molar-refractivity contribution in [1.82, 2.24) is 4.31 Å². The lowest BCUT2D eigenvalue weighted by atomic mass is 10.1. The van der Waals surface area contributed by atoms with Crippen LogP contribution in [0.2, 0.25) is 5.02 Å². The molecule has 1 fully saturated rings. The lowest BCUT2D eigenvalue weighted by Crippen LogP contribution is -2.34. The number of thioether (sulfide) groups is 1. The largest absolute Gasteiger partial charge is 0.218 e. The maximum Gasteiger partial charge on any atom is 0.218 e. The van der Waals surface area contributed by atoms with Crippen molar-refractivity contribution in [3.05, 3.63) is 70.2 Å². The molecule has 1 unspecified atom stereocenters. The van der Waals surface area contributed by atoms with E-state index in [2.05, 4.69) is 0 Å². The lowest BCUT2D eigenvalue weighted by molar-refractivity contribution is 0.427. The number of nitrogens with zero attached hydrogens (tertiary/aromatic N) is 1. The third kappa shape index (κ3) is 4.76. The molecule has 1 saturated heterocycles. The summed E-state index contributed by atoms with van der Waals surface area (Å²) in [6.07, 6.45) is 0.630. The minimum absolute atomic E-state index is 0.113. The highest BCUT2D eigenvalue weighted by Gasteiger charge is 2.28. The molecule has 0 spiro atoms. The van der Waals surface area contributed by atoms with Gasteiger partial charge in [-0.3, -0.25) is 0 Å². The number of halogens is 3. The van der Waals surface area contributed by atoms with Crippen LogP contribution in [0.5, 0.6) is 0 Å². The van der Waals surface area contributed by atoms with Crippen LogP contribution in [0.1, 0.15) is 22.8 Å². The fourth-order valence-corrected chi connectivity index (χ4v) is 6.25. The third-order valence-electron chi connectivity index (χ3n) is 4.22. The molecule has 3 nitrogen and oxygen atoms in total. The number of hydrogen-bond acceptors (Lipinski definition) is 3. The van der Waals surface area contributed by atoms with Crippen LogP contribution < -0.4 is 0 Å². The van der Waals surface area contributed by atoms with E-state index < -0.39 is 27.4 Å². The summed E-state index contributed by atoms with van der Waals surface area (Å²) in [5.41, 5.74) is 1.12. The van der Waals surface area contributed by atoms with Crippen LogP contribution in [0, 0.1) is 11.6 Å². The van der Waals surface area contributed by atoms with E-state index in [1.165, 1.54) is 4.31 Å². The Morgan fingerprint density at radius 1 is 1.12 bits per heavy atom. The van der Waals surface area contributed by atoms with E-state index in [1.807, 2.05) is 24.3 Å². The zero-order valence-corrected chi connectivity index (χ0v) is 16.3. The third-order valence-corrected chi connectivity index (χ3v) is 7.72. The van der Waals surface area contributed by atoms with Crippen molar-refractivity contribution in [3.63, 3.8) is 0 Å². The Balaban J connectivity index is 1.72. The van der Waals surface area contributed by atoms with Gasteiger partial charge in [-0.15, -0.1) is 0 Å². The molecule has 0 radical (unpaired) electrons. The Morgan fingerprint density at radius 3 is 2.50 bits per heavy atom. The first kappa shape index (κ1) is 19.6. The lowest BCUT2D eigenvalue weighted by Gasteiger charge is -2.20. The molecule has 1 heterocycles. The molecule has 0 aliphatic carbocycles. The summed E-state index contributed by atoms with van der Waals surface area (Å²) >= 11 is 7.93. The fourth-order valence-electron chi connectivity index (χ4n) is 3.01. The zero-order valence-electron chi connectivity index (χ0n) is 13.9. The molecule has 3 rings (SSSR count). The predicted molar refractivity (Wildman–Crippen MR) is 102 cm³/mol. The summed E-state index contributed by atoms with van der Waals surface area (Å²) in [5.74, 6) is -1.34. The molecule has 26 heavy (non-hydrogen) atoms. The molecule has 1 aliphatic rings. The molecular weight excluding hydrogens is 400 g/mol. The molecule has 2 aromatic rings. The highest BCUT2D eigenvalue weighted by molar-refractivity contribution is 7.99. The van der Waals surface area contributed by atoms with Crippen molar-refractivity contribution >= 4 is 33.4 Å². The second-order valence-corrected chi connectivity index (χ2v) is 9.79. The zero-order chi connectivity index (χ0) is 18.7.